The van der Waals surface area contributed by atoms with Gasteiger partial charge in [-0.1, -0.05) is 26.7 Å². The zero-order valence-corrected chi connectivity index (χ0v) is 14.0. The average molecular weight is 314 g/mol. The van der Waals surface area contributed by atoms with E-state index in [2.05, 4.69) is 24.1 Å². The van der Waals surface area contributed by atoms with Crippen LogP contribution in [-0.2, 0) is 10.0 Å². The van der Waals surface area contributed by atoms with Gasteiger partial charge in [0.15, 0.2) is 0 Å². The Kier molecular flexibility index (Phi) is 6.57. The van der Waals surface area contributed by atoms with Gasteiger partial charge in [0.2, 0.25) is 10.0 Å². The van der Waals surface area contributed by atoms with E-state index in [1.54, 1.807) is 12.1 Å². The molecule has 1 unspecified atom stereocenters. The number of hydrogen-bond acceptors (Lipinski definition) is 5. The molecule has 1 atom stereocenters. The first kappa shape index (κ1) is 17.9. The third-order valence-corrected chi connectivity index (χ3v) is 5.49. The molecule has 0 saturated heterocycles. The lowest BCUT2D eigenvalue weighted by Gasteiger charge is -2.21. The second-order valence-electron chi connectivity index (χ2n) is 5.29. The highest BCUT2D eigenvalue weighted by Crippen LogP contribution is 2.15. The normalized spacial score (nSPS) is 13.7. The van der Waals surface area contributed by atoms with E-state index in [0.717, 1.165) is 12.8 Å². The smallest absolute Gasteiger partial charge is 0.244 e. The monoisotopic (exact) mass is 314 g/mol. The minimum Gasteiger partial charge on any atom is -0.369 e. The molecule has 0 spiro atoms. The lowest BCUT2D eigenvalue weighted by atomic mass is 9.95. The van der Waals surface area contributed by atoms with Crippen molar-refractivity contribution in [3.05, 3.63) is 18.3 Å². The van der Waals surface area contributed by atoms with Gasteiger partial charge in [-0.05, 0) is 18.1 Å². The molecule has 1 aromatic heterocycles. The van der Waals surface area contributed by atoms with Crippen molar-refractivity contribution in [3.8, 4) is 0 Å². The van der Waals surface area contributed by atoms with Crippen LogP contribution in [0.2, 0.25) is 0 Å². The molecule has 0 fully saturated rings. The van der Waals surface area contributed by atoms with E-state index >= 15 is 0 Å². The number of nitrogens with zero attached hydrogens (tertiary/aromatic N) is 2. The fraction of sp³-hybridized carbons (Fsp3) is 0.643. The highest BCUT2D eigenvalue weighted by atomic mass is 32.2. The maximum absolute atomic E-state index is 11.9. The molecule has 0 bridgehead atoms. The molecule has 0 saturated carbocycles. The van der Waals surface area contributed by atoms with Gasteiger partial charge in [-0.15, -0.1) is 0 Å². The van der Waals surface area contributed by atoms with Gasteiger partial charge in [-0.25, -0.2) is 17.7 Å². The zero-order valence-electron chi connectivity index (χ0n) is 13.2. The molecule has 6 nitrogen and oxygen atoms in total. The van der Waals surface area contributed by atoms with Gasteiger partial charge >= 0.3 is 0 Å². The number of rotatable bonds is 8. The predicted molar refractivity (Wildman–Crippen MR) is 85.6 cm³/mol. The van der Waals surface area contributed by atoms with E-state index in [-0.39, 0.29) is 10.9 Å². The van der Waals surface area contributed by atoms with Crippen LogP contribution in [0.1, 0.15) is 26.7 Å². The van der Waals surface area contributed by atoms with Gasteiger partial charge in [0.1, 0.15) is 10.7 Å². The Labute approximate surface area is 127 Å². The summed E-state index contributed by atoms with van der Waals surface area (Å²) in [5.74, 6) is 1.11. The first-order valence-electron chi connectivity index (χ1n) is 7.20. The third-order valence-electron chi connectivity index (χ3n) is 3.69. The number of hydrogen-bond donors (Lipinski definition) is 2. The van der Waals surface area contributed by atoms with Crippen molar-refractivity contribution in [2.75, 3.05) is 26.0 Å². The van der Waals surface area contributed by atoms with Crippen LogP contribution in [0.15, 0.2) is 23.2 Å². The van der Waals surface area contributed by atoms with Crippen LogP contribution < -0.4 is 11.1 Å². The Morgan fingerprint density at radius 3 is 2.33 bits per heavy atom. The van der Waals surface area contributed by atoms with Crippen molar-refractivity contribution in [3.63, 3.8) is 0 Å². The van der Waals surface area contributed by atoms with Crippen molar-refractivity contribution in [1.29, 1.82) is 0 Å². The SMILES string of the molecule is CCC(CC)C(N)CNc1ccc(S(=O)(=O)N(C)C)cn1. The Morgan fingerprint density at radius 1 is 1.29 bits per heavy atom. The Morgan fingerprint density at radius 2 is 1.90 bits per heavy atom. The van der Waals surface area contributed by atoms with Gasteiger partial charge in [0.25, 0.3) is 0 Å². The van der Waals surface area contributed by atoms with Crippen LogP contribution in [0.4, 0.5) is 5.82 Å². The Balaban J connectivity index is 2.68. The van der Waals surface area contributed by atoms with Crippen LogP contribution in [0.3, 0.4) is 0 Å². The third kappa shape index (κ3) is 4.66. The lowest BCUT2D eigenvalue weighted by Crippen LogP contribution is -2.36. The summed E-state index contributed by atoms with van der Waals surface area (Å²) >= 11 is 0. The molecule has 0 aromatic carbocycles. The van der Waals surface area contributed by atoms with E-state index in [1.807, 2.05) is 0 Å². The molecule has 21 heavy (non-hydrogen) atoms. The first-order valence-corrected chi connectivity index (χ1v) is 8.64. The van der Waals surface area contributed by atoms with Crippen molar-refractivity contribution < 1.29 is 8.42 Å². The molecular formula is C14H26N4O2S. The molecule has 0 aliphatic carbocycles. The van der Waals surface area contributed by atoms with Gasteiger partial charge in [0.05, 0.1) is 0 Å². The quantitative estimate of drug-likeness (QED) is 0.759. The molecule has 3 N–H and O–H groups in total. The average Bonchev–Trinajstić information content (AvgIpc) is 2.46. The summed E-state index contributed by atoms with van der Waals surface area (Å²) in [7, 11) is -0.436. The van der Waals surface area contributed by atoms with Crippen LogP contribution in [0, 0.1) is 5.92 Å². The first-order chi connectivity index (χ1) is 9.82. The number of sulfonamides is 1. The summed E-state index contributed by atoms with van der Waals surface area (Å²) < 4.78 is 25.0. The minimum absolute atomic E-state index is 0.0620. The molecule has 7 heteroatoms. The lowest BCUT2D eigenvalue weighted by molar-refractivity contribution is 0.407. The molecule has 120 valence electrons. The van der Waals surface area contributed by atoms with Crippen molar-refractivity contribution >= 4 is 15.8 Å². The van der Waals surface area contributed by atoms with Crippen LogP contribution in [0.5, 0.6) is 0 Å². The van der Waals surface area contributed by atoms with Crippen LogP contribution in [0.25, 0.3) is 0 Å². The second-order valence-corrected chi connectivity index (χ2v) is 7.44. The molecular weight excluding hydrogens is 288 g/mol. The summed E-state index contributed by atoms with van der Waals surface area (Å²) in [4.78, 5) is 4.32. The molecule has 0 radical (unpaired) electrons. The van der Waals surface area contributed by atoms with E-state index in [4.69, 9.17) is 5.73 Å². The summed E-state index contributed by atoms with van der Waals surface area (Å²) in [6.45, 7) is 4.89. The van der Waals surface area contributed by atoms with E-state index in [0.29, 0.717) is 18.3 Å². The molecule has 1 aromatic rings. The van der Waals surface area contributed by atoms with Gasteiger partial charge in [-0.3, -0.25) is 0 Å². The largest absolute Gasteiger partial charge is 0.369 e. The molecule has 0 amide bonds. The number of anilines is 1. The number of nitrogens with one attached hydrogen (secondary N) is 1. The molecule has 0 aliphatic heterocycles. The summed E-state index contributed by atoms with van der Waals surface area (Å²) in [5, 5.41) is 3.16. The predicted octanol–water partition coefficient (Wildman–Crippen LogP) is 1.51. The molecule has 0 aliphatic rings. The van der Waals surface area contributed by atoms with Crippen molar-refractivity contribution in [2.45, 2.75) is 37.6 Å². The van der Waals surface area contributed by atoms with Gasteiger partial charge in [-0.2, -0.15) is 0 Å². The maximum atomic E-state index is 11.9. The summed E-state index contributed by atoms with van der Waals surface area (Å²) in [6, 6.07) is 3.27. The van der Waals surface area contributed by atoms with E-state index in [9.17, 15) is 8.42 Å². The van der Waals surface area contributed by atoms with Crippen LogP contribution >= 0.6 is 0 Å². The highest BCUT2D eigenvalue weighted by molar-refractivity contribution is 7.89. The number of pyridine rings is 1. The van der Waals surface area contributed by atoms with E-state index < -0.39 is 10.0 Å². The molecule has 1 heterocycles. The standard InChI is InChI=1S/C14H26N4O2S/c1-5-11(6-2)13(15)10-17-14-8-7-12(9-16-14)21(19,20)18(3)4/h7-9,11,13H,5-6,10,15H2,1-4H3,(H,16,17). The Bertz CT molecular complexity index is 524. The summed E-state index contributed by atoms with van der Waals surface area (Å²) in [5.41, 5.74) is 6.13. The fourth-order valence-electron chi connectivity index (χ4n) is 2.13. The van der Waals surface area contributed by atoms with E-state index in [1.165, 1.54) is 24.6 Å². The zero-order chi connectivity index (χ0) is 16.0. The highest BCUT2D eigenvalue weighted by Gasteiger charge is 2.18. The summed E-state index contributed by atoms with van der Waals surface area (Å²) in [6.07, 6.45) is 3.46. The number of aromatic nitrogens is 1. The maximum Gasteiger partial charge on any atom is 0.244 e. The minimum atomic E-state index is -3.43. The van der Waals surface area contributed by atoms with Gasteiger partial charge in [0, 0.05) is 32.9 Å². The van der Waals surface area contributed by atoms with Crippen molar-refractivity contribution in [1.82, 2.24) is 9.29 Å². The van der Waals surface area contributed by atoms with Crippen molar-refractivity contribution in [2.24, 2.45) is 11.7 Å². The van der Waals surface area contributed by atoms with Gasteiger partial charge < -0.3 is 11.1 Å². The second kappa shape index (κ2) is 7.72. The number of nitrogens with two attached hydrogens (primary N) is 1. The molecule has 1 rings (SSSR count). The fourth-order valence-corrected chi connectivity index (χ4v) is 2.98. The topological polar surface area (TPSA) is 88.3 Å². The van der Waals surface area contributed by atoms with Crippen LogP contribution in [-0.4, -0.2) is 44.4 Å². The Hall–Kier alpha value is -1.18.